The topological polar surface area (TPSA) is 50.3 Å². The summed E-state index contributed by atoms with van der Waals surface area (Å²) < 4.78 is 6.27. The average Bonchev–Trinajstić information content (AvgIpc) is 3.00. The van der Waals surface area contributed by atoms with E-state index < -0.39 is 0 Å². The molecule has 6 heteroatoms. The van der Waals surface area contributed by atoms with Gasteiger partial charge < -0.3 is 15.0 Å². The fourth-order valence-electron chi connectivity index (χ4n) is 4.91. The Morgan fingerprint density at radius 3 is 2.74 bits per heavy atom. The molecule has 2 aromatic carbocycles. The molecule has 1 N–H and O–H groups in total. The molecule has 1 unspecified atom stereocenters. The number of piperidine rings is 1. The smallest absolute Gasteiger partial charge is 0.227 e. The number of fused-ring (bicyclic) bond motifs is 1. The van der Waals surface area contributed by atoms with Crippen LogP contribution < -0.4 is 10.1 Å². The minimum Gasteiger partial charge on any atom is -0.490 e. The number of rotatable bonds is 5. The monoisotopic (exact) mass is 476 g/mol. The number of hydrogen-bond acceptors (Lipinski definition) is 6. The van der Waals surface area contributed by atoms with Gasteiger partial charge >= 0.3 is 0 Å². The van der Waals surface area contributed by atoms with Crippen molar-refractivity contribution in [1.29, 1.82) is 0 Å². The Kier molecular flexibility index (Phi) is 7.86. The lowest BCUT2D eigenvalue weighted by molar-refractivity contribution is 0.114. The first-order valence-electron chi connectivity index (χ1n) is 12.8. The number of nitrogens with zero attached hydrogens (tertiary/aromatic N) is 3. The van der Waals surface area contributed by atoms with Gasteiger partial charge in [-0.25, -0.2) is 9.97 Å². The third-order valence-corrected chi connectivity index (χ3v) is 8.40. The fourth-order valence-corrected chi connectivity index (χ4v) is 6.24. The van der Waals surface area contributed by atoms with Gasteiger partial charge in [0.1, 0.15) is 11.9 Å². The number of benzene rings is 2. The Morgan fingerprint density at radius 1 is 0.971 bits per heavy atom. The van der Waals surface area contributed by atoms with Crippen LogP contribution in [-0.2, 0) is 0 Å². The van der Waals surface area contributed by atoms with Crippen molar-refractivity contribution in [2.75, 3.05) is 31.2 Å². The summed E-state index contributed by atoms with van der Waals surface area (Å²) in [6.07, 6.45) is 12.4. The molecule has 3 heterocycles. The standard InChI is InChI=1S/C28H36N4OS/c1-32-15-13-24(14-16-32)33-25-12-11-22-20-29-28(31-26(22)19-25)30-23-9-7-8-21(18-23)27-10-5-3-2-4-6-17-34-27/h7-9,11-12,18-20,24,27H,2-6,10,13-17H2,1H3,(H,29,30,31). The SMILES string of the molecule is CN1CCC(Oc2ccc3cnc(Nc4cccc(C5CCCCCCCS5)c4)nc3c2)CC1. The van der Waals surface area contributed by atoms with Gasteiger partial charge in [0.2, 0.25) is 5.95 Å². The van der Waals surface area contributed by atoms with Crippen LogP contribution in [0.2, 0.25) is 0 Å². The number of ether oxygens (including phenoxy) is 1. The van der Waals surface area contributed by atoms with Crippen LogP contribution in [-0.4, -0.2) is 46.9 Å². The van der Waals surface area contributed by atoms with E-state index in [2.05, 4.69) is 64.3 Å². The van der Waals surface area contributed by atoms with Crippen LogP contribution in [0.5, 0.6) is 5.75 Å². The molecule has 2 aliphatic rings. The lowest BCUT2D eigenvalue weighted by Gasteiger charge is -2.29. The van der Waals surface area contributed by atoms with Gasteiger partial charge in [-0.05, 0) is 68.3 Å². The maximum absolute atomic E-state index is 6.27. The molecule has 0 aliphatic carbocycles. The van der Waals surface area contributed by atoms with E-state index in [4.69, 9.17) is 9.72 Å². The summed E-state index contributed by atoms with van der Waals surface area (Å²) in [5, 5.41) is 5.05. The van der Waals surface area contributed by atoms with Crippen molar-refractivity contribution in [3.8, 4) is 5.75 Å². The molecule has 5 rings (SSSR count). The quantitative estimate of drug-likeness (QED) is 0.429. The Labute approximate surface area is 207 Å². The number of thioether (sulfide) groups is 1. The highest BCUT2D eigenvalue weighted by molar-refractivity contribution is 7.99. The van der Waals surface area contributed by atoms with Crippen molar-refractivity contribution in [1.82, 2.24) is 14.9 Å². The molecule has 0 spiro atoms. The van der Waals surface area contributed by atoms with Gasteiger partial charge in [0, 0.05) is 41.7 Å². The third-order valence-electron chi connectivity index (χ3n) is 6.97. The second-order valence-corrected chi connectivity index (χ2v) is 11.0. The molecule has 0 radical (unpaired) electrons. The van der Waals surface area contributed by atoms with Crippen LogP contribution in [0.4, 0.5) is 11.6 Å². The van der Waals surface area contributed by atoms with Gasteiger partial charge in [-0.3, -0.25) is 0 Å². The van der Waals surface area contributed by atoms with Gasteiger partial charge in [0.15, 0.2) is 0 Å². The van der Waals surface area contributed by atoms with Gasteiger partial charge in [0.25, 0.3) is 0 Å². The molecule has 0 saturated carbocycles. The maximum atomic E-state index is 6.27. The van der Waals surface area contributed by atoms with E-state index >= 15 is 0 Å². The number of likely N-dealkylation sites (tertiary alicyclic amines) is 1. The van der Waals surface area contributed by atoms with Crippen LogP contribution in [0.15, 0.2) is 48.7 Å². The molecule has 1 aromatic heterocycles. The maximum Gasteiger partial charge on any atom is 0.227 e. The van der Waals surface area contributed by atoms with Crippen LogP contribution in [0.25, 0.3) is 10.9 Å². The lowest BCUT2D eigenvalue weighted by atomic mass is 10.0. The van der Waals surface area contributed by atoms with Crippen LogP contribution in [0.3, 0.4) is 0 Å². The van der Waals surface area contributed by atoms with Crippen molar-refractivity contribution in [2.24, 2.45) is 0 Å². The predicted molar refractivity (Wildman–Crippen MR) is 143 cm³/mol. The highest BCUT2D eigenvalue weighted by Crippen LogP contribution is 2.37. The zero-order valence-corrected chi connectivity index (χ0v) is 21.0. The van der Waals surface area contributed by atoms with Crippen molar-refractivity contribution >= 4 is 34.3 Å². The Hall–Kier alpha value is -2.31. The molecule has 2 saturated heterocycles. The Bertz CT molecular complexity index is 1070. The predicted octanol–water partition coefficient (Wildman–Crippen LogP) is 6.97. The first-order chi connectivity index (χ1) is 16.7. The zero-order chi connectivity index (χ0) is 23.2. The first-order valence-corrected chi connectivity index (χ1v) is 13.9. The summed E-state index contributed by atoms with van der Waals surface area (Å²) in [6, 6.07) is 15.0. The molecule has 180 valence electrons. The van der Waals surface area contributed by atoms with E-state index in [1.807, 2.05) is 18.3 Å². The van der Waals surface area contributed by atoms with Gasteiger partial charge in [0.05, 0.1) is 5.52 Å². The normalized spacial score (nSPS) is 20.9. The van der Waals surface area contributed by atoms with Gasteiger partial charge in [-0.2, -0.15) is 11.8 Å². The molecule has 0 bridgehead atoms. The first kappa shape index (κ1) is 23.4. The Morgan fingerprint density at radius 2 is 1.82 bits per heavy atom. The average molecular weight is 477 g/mol. The largest absolute Gasteiger partial charge is 0.490 e. The lowest BCUT2D eigenvalue weighted by Crippen LogP contribution is -2.35. The van der Waals surface area contributed by atoms with E-state index in [-0.39, 0.29) is 6.10 Å². The molecule has 34 heavy (non-hydrogen) atoms. The molecular weight excluding hydrogens is 440 g/mol. The second kappa shape index (κ2) is 11.4. The second-order valence-electron chi connectivity index (χ2n) is 9.70. The van der Waals surface area contributed by atoms with E-state index in [1.54, 1.807) is 0 Å². The molecule has 0 amide bonds. The molecular formula is C28H36N4OS. The molecule has 2 fully saturated rings. The van der Waals surface area contributed by atoms with Crippen molar-refractivity contribution in [3.05, 3.63) is 54.2 Å². The molecule has 1 atom stereocenters. The summed E-state index contributed by atoms with van der Waals surface area (Å²) in [5.41, 5.74) is 3.37. The number of aromatic nitrogens is 2. The van der Waals surface area contributed by atoms with E-state index in [1.165, 1.54) is 49.8 Å². The zero-order valence-electron chi connectivity index (χ0n) is 20.2. The van der Waals surface area contributed by atoms with E-state index in [9.17, 15) is 0 Å². The molecule has 3 aromatic rings. The van der Waals surface area contributed by atoms with Crippen molar-refractivity contribution in [3.63, 3.8) is 0 Å². The minimum atomic E-state index is 0.284. The van der Waals surface area contributed by atoms with E-state index in [0.29, 0.717) is 11.2 Å². The van der Waals surface area contributed by atoms with E-state index in [0.717, 1.165) is 48.3 Å². The number of anilines is 2. The highest BCUT2D eigenvalue weighted by atomic mass is 32.2. The number of nitrogens with one attached hydrogen (secondary N) is 1. The number of hydrogen-bond donors (Lipinski definition) is 1. The highest BCUT2D eigenvalue weighted by Gasteiger charge is 2.18. The van der Waals surface area contributed by atoms with Crippen LogP contribution >= 0.6 is 11.8 Å². The fraction of sp³-hybridized carbons (Fsp3) is 0.500. The van der Waals surface area contributed by atoms with Gasteiger partial charge in [-0.1, -0.05) is 37.8 Å². The summed E-state index contributed by atoms with van der Waals surface area (Å²) in [7, 11) is 2.17. The third kappa shape index (κ3) is 6.22. The summed E-state index contributed by atoms with van der Waals surface area (Å²) >= 11 is 2.12. The van der Waals surface area contributed by atoms with Crippen molar-refractivity contribution < 1.29 is 4.74 Å². The molecule has 2 aliphatic heterocycles. The van der Waals surface area contributed by atoms with Crippen LogP contribution in [0.1, 0.15) is 62.2 Å². The summed E-state index contributed by atoms with van der Waals surface area (Å²) in [4.78, 5) is 11.7. The Balaban J connectivity index is 1.29. The molecule has 5 nitrogen and oxygen atoms in total. The van der Waals surface area contributed by atoms with Gasteiger partial charge in [-0.15, -0.1) is 0 Å². The minimum absolute atomic E-state index is 0.284. The van der Waals surface area contributed by atoms with Crippen LogP contribution in [0, 0.1) is 0 Å². The summed E-state index contributed by atoms with van der Waals surface area (Å²) in [5.74, 6) is 2.78. The van der Waals surface area contributed by atoms with Crippen molar-refractivity contribution in [2.45, 2.75) is 62.7 Å². The summed E-state index contributed by atoms with van der Waals surface area (Å²) in [6.45, 7) is 2.18.